The molecule has 1 aromatic rings. The van der Waals surface area contributed by atoms with Crippen LogP contribution in [0.5, 0.6) is 5.75 Å². The van der Waals surface area contributed by atoms with Crippen molar-refractivity contribution in [1.29, 1.82) is 0 Å². The molecule has 8 nitrogen and oxygen atoms in total. The summed E-state index contributed by atoms with van der Waals surface area (Å²) in [7, 11) is 0. The molecule has 3 aliphatic heterocycles. The second-order valence-electron chi connectivity index (χ2n) is 9.58. The van der Waals surface area contributed by atoms with Gasteiger partial charge in [-0.2, -0.15) is 0 Å². The Kier molecular flexibility index (Phi) is 12.9. The number of likely N-dealkylation sites (tertiary alicyclic amines) is 1. The molecular formula is C25H37Cl3N4O4S. The zero-order valence-corrected chi connectivity index (χ0v) is 24.3. The van der Waals surface area contributed by atoms with Gasteiger partial charge in [-0.3, -0.25) is 9.59 Å². The summed E-state index contributed by atoms with van der Waals surface area (Å²) in [6.45, 7) is 9.04. The van der Waals surface area contributed by atoms with E-state index in [1.165, 1.54) is 38.1 Å². The van der Waals surface area contributed by atoms with Crippen LogP contribution in [0, 0.1) is 5.92 Å². The molecule has 1 aromatic carbocycles. The van der Waals surface area contributed by atoms with E-state index in [1.54, 1.807) is 11.9 Å². The van der Waals surface area contributed by atoms with Gasteiger partial charge in [-0.05, 0) is 58.3 Å². The second kappa shape index (κ2) is 15.6. The van der Waals surface area contributed by atoms with Crippen LogP contribution in [0.4, 0.5) is 0 Å². The molecule has 0 aromatic heterocycles. The van der Waals surface area contributed by atoms with Crippen molar-refractivity contribution < 1.29 is 19.4 Å². The molecular weight excluding hydrogens is 559 g/mol. The number of carbonyl (C=O) groups excluding carboxylic acids is 1. The Labute approximate surface area is 239 Å². The standard InChI is InChI=1S/C21H28Cl3N3O4S.C4H9N/c1-14-11-26(32-8-7-25-4-2-3-15(12-25)21(29)30)5-6-27(14)20(28)13-31-19-10-17(23)16(22)9-18(19)24;1-2-4-5-3-1/h9-10,14-15H,2-8,11-13H2,1H3,(H,29,30);5H,1-4H2/t14-,15?;/m0./s1. The Hall–Kier alpha value is -0.940. The quantitative estimate of drug-likeness (QED) is 0.339. The molecule has 0 bridgehead atoms. The van der Waals surface area contributed by atoms with Gasteiger partial charge in [0.2, 0.25) is 0 Å². The lowest BCUT2D eigenvalue weighted by atomic mass is 9.98. The molecule has 3 fully saturated rings. The van der Waals surface area contributed by atoms with Gasteiger partial charge in [0.25, 0.3) is 5.91 Å². The smallest absolute Gasteiger partial charge is 0.307 e. The SMILES string of the molecule is C1CCNC1.C[C@H]1CN(SCCN2CCCC(C(=O)O)C2)CCN1C(=O)COc1cc(Cl)c(Cl)cc1Cl. The number of halogens is 3. The lowest BCUT2D eigenvalue weighted by molar-refractivity contribution is -0.143. The van der Waals surface area contributed by atoms with Crippen LogP contribution in [0.3, 0.4) is 0 Å². The van der Waals surface area contributed by atoms with Gasteiger partial charge in [0.1, 0.15) is 5.75 Å². The first-order valence-corrected chi connectivity index (χ1v) is 14.9. The molecule has 37 heavy (non-hydrogen) atoms. The maximum absolute atomic E-state index is 12.7. The monoisotopic (exact) mass is 594 g/mol. The van der Waals surface area contributed by atoms with Crippen LogP contribution in [0.25, 0.3) is 0 Å². The van der Waals surface area contributed by atoms with Crippen molar-refractivity contribution in [3.05, 3.63) is 27.2 Å². The molecule has 3 saturated heterocycles. The van der Waals surface area contributed by atoms with E-state index >= 15 is 0 Å². The maximum atomic E-state index is 12.7. The van der Waals surface area contributed by atoms with Crippen LogP contribution in [0.2, 0.25) is 15.1 Å². The maximum Gasteiger partial charge on any atom is 0.307 e. The largest absolute Gasteiger partial charge is 0.482 e. The number of amides is 1. The first kappa shape index (κ1) is 30.6. The van der Waals surface area contributed by atoms with Crippen LogP contribution >= 0.6 is 46.8 Å². The molecule has 4 rings (SSSR count). The molecule has 0 saturated carbocycles. The summed E-state index contributed by atoms with van der Waals surface area (Å²) in [4.78, 5) is 28.0. The lowest BCUT2D eigenvalue weighted by Crippen LogP contribution is -2.53. The molecule has 0 aliphatic carbocycles. The van der Waals surface area contributed by atoms with E-state index in [0.29, 0.717) is 33.9 Å². The topological polar surface area (TPSA) is 85.4 Å². The fraction of sp³-hybridized carbons (Fsp3) is 0.680. The minimum Gasteiger partial charge on any atom is -0.482 e. The highest BCUT2D eigenvalue weighted by molar-refractivity contribution is 7.97. The van der Waals surface area contributed by atoms with Gasteiger partial charge in [-0.25, -0.2) is 4.31 Å². The number of carboxylic acid groups (broad SMARTS) is 1. The van der Waals surface area contributed by atoms with E-state index in [1.807, 2.05) is 11.8 Å². The first-order chi connectivity index (χ1) is 17.7. The average Bonchev–Trinajstić information content (AvgIpc) is 3.46. The van der Waals surface area contributed by atoms with E-state index in [4.69, 9.17) is 39.5 Å². The number of hydrogen-bond acceptors (Lipinski definition) is 7. The Morgan fingerprint density at radius 1 is 1.05 bits per heavy atom. The minimum atomic E-state index is -0.692. The van der Waals surface area contributed by atoms with Gasteiger partial charge < -0.3 is 25.0 Å². The summed E-state index contributed by atoms with van der Waals surface area (Å²) in [5.74, 6) is 0.203. The summed E-state index contributed by atoms with van der Waals surface area (Å²) < 4.78 is 7.87. The molecule has 0 radical (unpaired) electrons. The number of hydrogen-bond donors (Lipinski definition) is 2. The van der Waals surface area contributed by atoms with Crippen molar-refractivity contribution in [2.24, 2.45) is 5.92 Å². The molecule has 1 unspecified atom stereocenters. The van der Waals surface area contributed by atoms with Gasteiger partial charge in [-0.15, -0.1) is 0 Å². The number of piperidine rings is 1. The highest BCUT2D eigenvalue weighted by Crippen LogP contribution is 2.34. The lowest BCUT2D eigenvalue weighted by Gasteiger charge is -2.39. The molecule has 0 spiro atoms. The molecule has 2 N–H and O–H groups in total. The van der Waals surface area contributed by atoms with Gasteiger partial charge in [0, 0.05) is 50.6 Å². The molecule has 1 amide bonds. The third kappa shape index (κ3) is 9.95. The van der Waals surface area contributed by atoms with Crippen molar-refractivity contribution in [2.45, 2.75) is 38.6 Å². The van der Waals surface area contributed by atoms with Crippen molar-refractivity contribution >= 4 is 58.6 Å². The van der Waals surface area contributed by atoms with Crippen molar-refractivity contribution in [3.8, 4) is 5.75 Å². The Morgan fingerprint density at radius 3 is 2.43 bits per heavy atom. The third-order valence-corrected chi connectivity index (χ3v) is 8.81. The van der Waals surface area contributed by atoms with Gasteiger partial charge in [0.05, 0.1) is 21.0 Å². The molecule has 3 aliphatic rings. The molecule has 208 valence electrons. The summed E-state index contributed by atoms with van der Waals surface area (Å²) in [6, 6.07) is 3.07. The highest BCUT2D eigenvalue weighted by Gasteiger charge is 2.29. The Bertz CT molecular complexity index is 901. The van der Waals surface area contributed by atoms with Crippen LogP contribution in [-0.2, 0) is 9.59 Å². The number of carbonyl (C=O) groups is 2. The number of piperazine rings is 1. The normalized spacial score (nSPS) is 22.9. The average molecular weight is 596 g/mol. The van der Waals surface area contributed by atoms with Gasteiger partial charge in [-0.1, -0.05) is 46.8 Å². The van der Waals surface area contributed by atoms with E-state index < -0.39 is 5.97 Å². The molecule has 2 atom stereocenters. The number of aliphatic carboxylic acids is 1. The zero-order chi connectivity index (χ0) is 26.8. The third-order valence-electron chi connectivity index (χ3n) is 6.73. The van der Waals surface area contributed by atoms with Crippen molar-refractivity contribution in [3.63, 3.8) is 0 Å². The Balaban J connectivity index is 0.000000678. The van der Waals surface area contributed by atoms with Gasteiger partial charge >= 0.3 is 5.97 Å². The van der Waals surface area contributed by atoms with Crippen LogP contribution < -0.4 is 10.1 Å². The number of nitrogens with one attached hydrogen (secondary N) is 1. The molecule has 12 heteroatoms. The number of benzene rings is 1. The predicted octanol–water partition coefficient (Wildman–Crippen LogP) is 4.37. The van der Waals surface area contributed by atoms with Crippen LogP contribution in [0.15, 0.2) is 12.1 Å². The van der Waals surface area contributed by atoms with Crippen molar-refractivity contribution in [1.82, 2.24) is 19.4 Å². The minimum absolute atomic E-state index is 0.0583. The van der Waals surface area contributed by atoms with Crippen LogP contribution in [0.1, 0.15) is 32.6 Å². The van der Waals surface area contributed by atoms with E-state index in [0.717, 1.165) is 44.8 Å². The number of carboxylic acids is 1. The number of rotatable bonds is 8. The van der Waals surface area contributed by atoms with E-state index in [-0.39, 0.29) is 24.5 Å². The fourth-order valence-electron chi connectivity index (χ4n) is 4.63. The zero-order valence-electron chi connectivity index (χ0n) is 21.3. The summed E-state index contributed by atoms with van der Waals surface area (Å²) >= 11 is 19.8. The second-order valence-corrected chi connectivity index (χ2v) is 12.0. The van der Waals surface area contributed by atoms with E-state index in [9.17, 15) is 14.7 Å². The molecule has 3 heterocycles. The van der Waals surface area contributed by atoms with Crippen molar-refractivity contribution in [2.75, 3.05) is 64.7 Å². The van der Waals surface area contributed by atoms with Gasteiger partial charge in [0.15, 0.2) is 6.61 Å². The summed E-state index contributed by atoms with van der Waals surface area (Å²) in [6.07, 6.45) is 4.49. The van der Waals surface area contributed by atoms with E-state index in [2.05, 4.69) is 14.5 Å². The highest BCUT2D eigenvalue weighted by atomic mass is 35.5. The fourth-order valence-corrected chi connectivity index (χ4v) is 6.35. The number of ether oxygens (including phenoxy) is 1. The number of nitrogens with zero attached hydrogens (tertiary/aromatic N) is 3. The Morgan fingerprint density at radius 2 is 1.78 bits per heavy atom. The summed E-state index contributed by atoms with van der Waals surface area (Å²) in [5, 5.41) is 13.4. The predicted molar refractivity (Wildman–Crippen MR) is 151 cm³/mol. The van der Waals surface area contributed by atoms with Crippen LogP contribution in [-0.4, -0.2) is 102 Å². The summed E-state index contributed by atoms with van der Waals surface area (Å²) in [5.41, 5.74) is 0. The first-order valence-electron chi connectivity index (χ1n) is 12.8.